The monoisotopic (exact) mass is 395 g/mol. The van der Waals surface area contributed by atoms with E-state index in [9.17, 15) is 22.8 Å². The summed E-state index contributed by atoms with van der Waals surface area (Å²) in [6.07, 6.45) is 1.06. The number of rotatable bonds is 2. The van der Waals surface area contributed by atoms with Crippen molar-refractivity contribution < 1.29 is 27.5 Å². The summed E-state index contributed by atoms with van der Waals surface area (Å²) in [5.74, 6) is -4.39. The predicted octanol–water partition coefficient (Wildman–Crippen LogP) is 2.69. The third-order valence-electron chi connectivity index (χ3n) is 4.76. The van der Waals surface area contributed by atoms with E-state index in [0.717, 1.165) is 0 Å². The molecule has 0 bridgehead atoms. The van der Waals surface area contributed by atoms with Crippen molar-refractivity contribution in [2.45, 2.75) is 26.1 Å². The molecule has 148 valence electrons. The highest BCUT2D eigenvalue weighted by Gasteiger charge is 2.34. The lowest BCUT2D eigenvalue weighted by Gasteiger charge is -2.34. The van der Waals surface area contributed by atoms with Crippen LogP contribution in [0.4, 0.5) is 34.1 Å². The van der Waals surface area contributed by atoms with Crippen molar-refractivity contribution in [1.82, 2.24) is 14.7 Å². The molecule has 1 saturated heterocycles. The standard InChI is InChI=1S/C17H16F3N5O3/c1-9-7-25-14(13(6-21-25)23-2-3-28-17(23)27)8-24(9)16(26)22-10-4-11(18)15(20)12(19)5-10/h4-6,9H,2-3,7-8H2,1H3,(H,22,26)/t9-/m0/s1. The summed E-state index contributed by atoms with van der Waals surface area (Å²) in [5.41, 5.74) is 0.991. The number of benzene rings is 1. The molecule has 0 aliphatic carbocycles. The van der Waals surface area contributed by atoms with Crippen LogP contribution >= 0.6 is 0 Å². The topological polar surface area (TPSA) is 79.7 Å². The third kappa shape index (κ3) is 3.02. The van der Waals surface area contributed by atoms with Crippen LogP contribution in [0.5, 0.6) is 0 Å². The number of carbonyl (C=O) groups excluding carboxylic acids is 2. The number of hydrogen-bond donors (Lipinski definition) is 1. The number of ether oxygens (including phenoxy) is 1. The number of urea groups is 1. The molecule has 1 atom stereocenters. The zero-order valence-electron chi connectivity index (χ0n) is 14.8. The third-order valence-corrected chi connectivity index (χ3v) is 4.76. The highest BCUT2D eigenvalue weighted by Crippen LogP contribution is 2.29. The molecule has 0 radical (unpaired) electrons. The minimum atomic E-state index is -1.60. The fourth-order valence-electron chi connectivity index (χ4n) is 3.32. The number of fused-ring (bicyclic) bond motifs is 1. The van der Waals surface area contributed by atoms with E-state index in [1.54, 1.807) is 17.8 Å². The van der Waals surface area contributed by atoms with Gasteiger partial charge in [0.1, 0.15) is 6.61 Å². The van der Waals surface area contributed by atoms with Gasteiger partial charge in [0.2, 0.25) is 0 Å². The van der Waals surface area contributed by atoms with E-state index < -0.39 is 29.6 Å². The SMILES string of the molecule is C[C@H]1Cn2ncc(N3CCOC3=O)c2CN1C(=O)Nc1cc(F)c(F)c(F)c1. The molecule has 0 unspecified atom stereocenters. The largest absolute Gasteiger partial charge is 0.447 e. The molecule has 3 amide bonds. The summed E-state index contributed by atoms with van der Waals surface area (Å²) < 4.78 is 46.5. The normalized spacial score (nSPS) is 18.9. The van der Waals surface area contributed by atoms with Gasteiger partial charge >= 0.3 is 12.1 Å². The van der Waals surface area contributed by atoms with Crippen molar-refractivity contribution in [1.29, 1.82) is 0 Å². The average molecular weight is 395 g/mol. The van der Waals surface area contributed by atoms with Crippen LogP contribution < -0.4 is 10.2 Å². The summed E-state index contributed by atoms with van der Waals surface area (Å²) >= 11 is 0. The summed E-state index contributed by atoms with van der Waals surface area (Å²) in [7, 11) is 0. The molecule has 11 heteroatoms. The van der Waals surface area contributed by atoms with Gasteiger partial charge in [-0.1, -0.05) is 0 Å². The van der Waals surface area contributed by atoms with Gasteiger partial charge in [-0.2, -0.15) is 5.10 Å². The second kappa shape index (κ2) is 6.73. The fraction of sp³-hybridized carbons (Fsp3) is 0.353. The smallest absolute Gasteiger partial charge is 0.414 e. The molecule has 0 saturated carbocycles. The zero-order valence-corrected chi connectivity index (χ0v) is 14.8. The van der Waals surface area contributed by atoms with Crippen molar-refractivity contribution in [2.24, 2.45) is 0 Å². The Morgan fingerprint density at radius 2 is 2.00 bits per heavy atom. The number of cyclic esters (lactones) is 1. The molecule has 1 aromatic carbocycles. The van der Waals surface area contributed by atoms with E-state index in [2.05, 4.69) is 10.4 Å². The molecule has 28 heavy (non-hydrogen) atoms. The Morgan fingerprint density at radius 3 is 2.64 bits per heavy atom. The average Bonchev–Trinajstić information content (AvgIpc) is 3.24. The predicted molar refractivity (Wildman–Crippen MR) is 91.3 cm³/mol. The highest BCUT2D eigenvalue weighted by molar-refractivity contribution is 5.91. The highest BCUT2D eigenvalue weighted by atomic mass is 19.2. The van der Waals surface area contributed by atoms with Gasteiger partial charge in [0, 0.05) is 17.8 Å². The molecule has 4 rings (SSSR count). The van der Waals surface area contributed by atoms with Crippen LogP contribution in [0.2, 0.25) is 0 Å². The minimum absolute atomic E-state index is 0.123. The minimum Gasteiger partial charge on any atom is -0.447 e. The molecule has 2 aliphatic heterocycles. The van der Waals surface area contributed by atoms with Crippen molar-refractivity contribution in [3.63, 3.8) is 0 Å². The second-order valence-electron chi connectivity index (χ2n) is 6.59. The van der Waals surface area contributed by atoms with Gasteiger partial charge in [-0.3, -0.25) is 9.58 Å². The van der Waals surface area contributed by atoms with Crippen LogP contribution in [0, 0.1) is 17.5 Å². The molecule has 0 spiro atoms. The maximum Gasteiger partial charge on any atom is 0.414 e. The summed E-state index contributed by atoms with van der Waals surface area (Å²) in [4.78, 5) is 27.4. The fourth-order valence-corrected chi connectivity index (χ4v) is 3.32. The Balaban J connectivity index is 1.56. The number of hydrogen-bond acceptors (Lipinski definition) is 4. The maximum atomic E-state index is 13.4. The first kappa shape index (κ1) is 18.1. The number of aromatic nitrogens is 2. The number of halogens is 3. The van der Waals surface area contributed by atoms with Crippen molar-refractivity contribution in [2.75, 3.05) is 23.4 Å². The van der Waals surface area contributed by atoms with E-state index in [1.165, 1.54) is 9.80 Å². The molecular weight excluding hydrogens is 379 g/mol. The summed E-state index contributed by atoms with van der Waals surface area (Å²) in [6, 6.07) is 0.531. The molecular formula is C17H16F3N5O3. The summed E-state index contributed by atoms with van der Waals surface area (Å²) in [6.45, 7) is 2.94. The molecule has 1 aromatic heterocycles. The van der Waals surface area contributed by atoms with Crippen LogP contribution in [0.1, 0.15) is 12.6 Å². The lowest BCUT2D eigenvalue weighted by molar-refractivity contribution is 0.161. The van der Waals surface area contributed by atoms with Gasteiger partial charge in [-0.15, -0.1) is 0 Å². The number of anilines is 2. The van der Waals surface area contributed by atoms with E-state index in [1.807, 2.05) is 0 Å². The van der Waals surface area contributed by atoms with Crippen molar-refractivity contribution in [3.8, 4) is 0 Å². The molecule has 1 fully saturated rings. The van der Waals surface area contributed by atoms with Crippen LogP contribution in [0.3, 0.4) is 0 Å². The van der Waals surface area contributed by atoms with E-state index in [-0.39, 0.29) is 24.9 Å². The van der Waals surface area contributed by atoms with E-state index in [0.29, 0.717) is 36.6 Å². The molecule has 1 N–H and O–H groups in total. The van der Waals surface area contributed by atoms with Gasteiger partial charge < -0.3 is 15.0 Å². The van der Waals surface area contributed by atoms with E-state index in [4.69, 9.17) is 4.74 Å². The summed E-state index contributed by atoms with van der Waals surface area (Å²) in [5, 5.41) is 6.64. The van der Waals surface area contributed by atoms with Crippen LogP contribution in [-0.2, 0) is 17.8 Å². The first-order valence-corrected chi connectivity index (χ1v) is 8.56. The Morgan fingerprint density at radius 1 is 1.29 bits per heavy atom. The Hall–Kier alpha value is -3.24. The quantitative estimate of drug-likeness (QED) is 0.793. The van der Waals surface area contributed by atoms with Crippen LogP contribution in [0.25, 0.3) is 0 Å². The molecule has 8 nitrogen and oxygen atoms in total. The van der Waals surface area contributed by atoms with Gasteiger partial charge in [0.05, 0.1) is 43.3 Å². The van der Waals surface area contributed by atoms with Gasteiger partial charge in [0.15, 0.2) is 17.5 Å². The van der Waals surface area contributed by atoms with Crippen LogP contribution in [0.15, 0.2) is 18.3 Å². The first-order chi connectivity index (χ1) is 13.3. The molecule has 2 aromatic rings. The van der Waals surface area contributed by atoms with E-state index >= 15 is 0 Å². The Labute approximate surface area is 157 Å². The van der Waals surface area contributed by atoms with Gasteiger partial charge in [0.25, 0.3) is 0 Å². The van der Waals surface area contributed by atoms with Crippen molar-refractivity contribution >= 4 is 23.5 Å². The number of nitrogens with one attached hydrogen (secondary N) is 1. The number of nitrogens with zero attached hydrogens (tertiary/aromatic N) is 4. The van der Waals surface area contributed by atoms with Crippen LogP contribution in [-0.4, -0.2) is 46.0 Å². The number of amides is 3. The second-order valence-corrected chi connectivity index (χ2v) is 6.59. The van der Waals surface area contributed by atoms with Gasteiger partial charge in [-0.25, -0.2) is 22.8 Å². The lowest BCUT2D eigenvalue weighted by atomic mass is 10.2. The van der Waals surface area contributed by atoms with Gasteiger partial charge in [-0.05, 0) is 6.92 Å². The zero-order chi connectivity index (χ0) is 20.0. The molecule has 3 heterocycles. The van der Waals surface area contributed by atoms with Crippen molar-refractivity contribution in [3.05, 3.63) is 41.5 Å². The molecule has 2 aliphatic rings. The first-order valence-electron chi connectivity index (χ1n) is 8.56. The Bertz CT molecular complexity index is 941. The lowest BCUT2D eigenvalue weighted by Crippen LogP contribution is -2.47. The Kier molecular flexibility index (Phi) is 4.36. The maximum absolute atomic E-state index is 13.4. The number of carbonyl (C=O) groups is 2.